The summed E-state index contributed by atoms with van der Waals surface area (Å²) >= 11 is 6.69. The topological polar surface area (TPSA) is 135 Å². The van der Waals surface area contributed by atoms with Gasteiger partial charge < -0.3 is 15.7 Å². The van der Waals surface area contributed by atoms with Crippen molar-refractivity contribution in [3.8, 4) is 6.07 Å². The summed E-state index contributed by atoms with van der Waals surface area (Å²) in [4.78, 5) is 8.86. The van der Waals surface area contributed by atoms with Crippen molar-refractivity contribution in [1.82, 2.24) is 25.4 Å². The van der Waals surface area contributed by atoms with Gasteiger partial charge in [-0.2, -0.15) is 5.26 Å². The number of nitrogens with zero attached hydrogens (tertiary/aromatic N) is 5. The molecule has 10 heteroatoms. The van der Waals surface area contributed by atoms with Gasteiger partial charge in [-0.3, -0.25) is 15.1 Å². The van der Waals surface area contributed by atoms with Crippen molar-refractivity contribution < 1.29 is 5.11 Å². The molecule has 4 N–H and O–H groups in total. The number of pyridine rings is 2. The molecular formula is C27H23ClN8O. The second kappa shape index (κ2) is 10.6. The number of hydrogen-bond acceptors (Lipinski definition) is 8. The zero-order valence-electron chi connectivity index (χ0n) is 19.9. The molecule has 3 aromatic heterocycles. The van der Waals surface area contributed by atoms with Gasteiger partial charge >= 0.3 is 0 Å². The van der Waals surface area contributed by atoms with Crippen LogP contribution in [0.1, 0.15) is 40.2 Å². The van der Waals surface area contributed by atoms with E-state index in [2.05, 4.69) is 42.1 Å². The Labute approximate surface area is 218 Å². The van der Waals surface area contributed by atoms with E-state index in [1.54, 1.807) is 18.5 Å². The Balaban J connectivity index is 1.61. The normalized spacial score (nSPS) is 12.6. The van der Waals surface area contributed by atoms with Crippen LogP contribution in [-0.2, 0) is 0 Å². The summed E-state index contributed by atoms with van der Waals surface area (Å²) in [6.45, 7) is 1.76. The summed E-state index contributed by atoms with van der Waals surface area (Å²) in [5.74, 6) is 0. The zero-order chi connectivity index (χ0) is 25.8. The molecule has 0 unspecified atom stereocenters. The van der Waals surface area contributed by atoms with Crippen molar-refractivity contribution in [3.05, 3.63) is 106 Å². The number of halogens is 1. The fourth-order valence-electron chi connectivity index (χ4n) is 4.31. The second-order valence-corrected chi connectivity index (χ2v) is 8.86. The Bertz CT molecular complexity index is 1570. The van der Waals surface area contributed by atoms with Crippen molar-refractivity contribution >= 4 is 33.9 Å². The Hall–Kier alpha value is -4.52. The summed E-state index contributed by atoms with van der Waals surface area (Å²) in [6.07, 6.45) is 4.95. The maximum Gasteiger partial charge on any atom is 0.109 e. The lowest BCUT2D eigenvalue weighted by Crippen LogP contribution is -2.16. The van der Waals surface area contributed by atoms with Gasteiger partial charge in [-0.05, 0) is 30.7 Å². The number of nitrogens with one attached hydrogen (secondary N) is 3. The zero-order valence-corrected chi connectivity index (χ0v) is 20.6. The third-order valence-electron chi connectivity index (χ3n) is 6.15. The lowest BCUT2D eigenvalue weighted by molar-refractivity contribution is 0.276. The highest BCUT2D eigenvalue weighted by Gasteiger charge is 2.22. The van der Waals surface area contributed by atoms with Crippen LogP contribution in [0.25, 0.3) is 10.9 Å². The number of aliphatic hydroxyl groups is 1. The third-order valence-corrected chi connectivity index (χ3v) is 6.44. The molecule has 5 aromatic rings. The molecule has 0 spiro atoms. The van der Waals surface area contributed by atoms with E-state index in [0.717, 1.165) is 16.8 Å². The molecule has 0 fully saturated rings. The highest BCUT2D eigenvalue weighted by Crippen LogP contribution is 2.37. The number of aromatic nitrogens is 5. The standard InChI is InChI=1S/C27H23ClN8O/c1-16-20(8-5-9-30-16)27(23-14-32-36-35-23)33-19-10-21-25(18(12-29)13-31-26(21)22(28)11-19)34-24(15-37)17-6-3-2-4-7-17/h2-11,13-14,24,27,33,37H,15H2,1H3,(H,31,34)(H,32,35,36)/t24-,27-/m0/s1. The van der Waals surface area contributed by atoms with Gasteiger partial charge in [0, 0.05) is 40.9 Å². The Morgan fingerprint density at radius 3 is 2.65 bits per heavy atom. The number of anilines is 2. The lowest BCUT2D eigenvalue weighted by Gasteiger charge is -2.22. The van der Waals surface area contributed by atoms with Crippen LogP contribution in [0.15, 0.2) is 73.2 Å². The molecule has 0 saturated heterocycles. The Morgan fingerprint density at radius 2 is 1.95 bits per heavy atom. The molecule has 0 bridgehead atoms. The first-order valence-corrected chi connectivity index (χ1v) is 12.0. The number of hydrogen-bond donors (Lipinski definition) is 4. The molecule has 3 heterocycles. The number of aromatic amines is 1. The summed E-state index contributed by atoms with van der Waals surface area (Å²) in [5, 5.41) is 38.8. The summed E-state index contributed by atoms with van der Waals surface area (Å²) < 4.78 is 0. The van der Waals surface area contributed by atoms with E-state index in [1.165, 1.54) is 6.20 Å². The Morgan fingerprint density at radius 1 is 1.11 bits per heavy atom. The molecule has 0 aliphatic heterocycles. The van der Waals surface area contributed by atoms with E-state index >= 15 is 0 Å². The largest absolute Gasteiger partial charge is 0.394 e. The fraction of sp³-hybridized carbons (Fsp3) is 0.148. The van der Waals surface area contributed by atoms with Gasteiger partial charge in [-0.15, -0.1) is 5.10 Å². The molecule has 0 radical (unpaired) electrons. The average Bonchev–Trinajstić information content (AvgIpc) is 3.46. The number of benzene rings is 2. The van der Waals surface area contributed by atoms with Crippen LogP contribution in [0.4, 0.5) is 11.4 Å². The van der Waals surface area contributed by atoms with Crippen LogP contribution in [0, 0.1) is 18.3 Å². The first-order chi connectivity index (χ1) is 18.1. The highest BCUT2D eigenvalue weighted by atomic mass is 35.5. The number of H-pyrrole nitrogens is 1. The minimum Gasteiger partial charge on any atom is -0.394 e. The van der Waals surface area contributed by atoms with Crippen molar-refractivity contribution in [2.45, 2.75) is 19.0 Å². The van der Waals surface area contributed by atoms with E-state index < -0.39 is 6.04 Å². The third kappa shape index (κ3) is 4.93. The number of fused-ring (bicyclic) bond motifs is 1. The molecule has 2 aromatic carbocycles. The summed E-state index contributed by atoms with van der Waals surface area (Å²) in [5.41, 5.74) is 5.45. The fourth-order valence-corrected chi connectivity index (χ4v) is 4.58. The molecule has 0 aliphatic rings. The van der Waals surface area contributed by atoms with Crippen LogP contribution < -0.4 is 10.6 Å². The van der Waals surface area contributed by atoms with Gasteiger partial charge in [0.15, 0.2) is 0 Å². The quantitative estimate of drug-likeness (QED) is 0.231. The predicted molar refractivity (Wildman–Crippen MR) is 142 cm³/mol. The monoisotopic (exact) mass is 510 g/mol. The highest BCUT2D eigenvalue weighted by molar-refractivity contribution is 6.35. The van der Waals surface area contributed by atoms with Gasteiger partial charge in [0.25, 0.3) is 0 Å². The van der Waals surface area contributed by atoms with E-state index in [1.807, 2.05) is 55.5 Å². The molecule has 2 atom stereocenters. The molecule has 184 valence electrons. The maximum atomic E-state index is 10.1. The van der Waals surface area contributed by atoms with Gasteiger partial charge in [0.05, 0.1) is 40.5 Å². The van der Waals surface area contributed by atoms with Crippen LogP contribution >= 0.6 is 11.6 Å². The van der Waals surface area contributed by atoms with Crippen molar-refractivity contribution in [2.75, 3.05) is 17.2 Å². The van der Waals surface area contributed by atoms with Crippen molar-refractivity contribution in [3.63, 3.8) is 0 Å². The SMILES string of the molecule is Cc1ncccc1[C@H](Nc1cc(Cl)c2ncc(C#N)c(N[C@@H](CO)c3ccccc3)c2c1)c1c[nH]nn1. The van der Waals surface area contributed by atoms with E-state index in [9.17, 15) is 10.4 Å². The summed E-state index contributed by atoms with van der Waals surface area (Å²) in [7, 11) is 0. The first kappa shape index (κ1) is 24.2. The molecule has 9 nitrogen and oxygen atoms in total. The molecular weight excluding hydrogens is 488 g/mol. The number of aryl methyl sites for hydroxylation is 1. The first-order valence-electron chi connectivity index (χ1n) is 11.6. The van der Waals surface area contributed by atoms with E-state index in [0.29, 0.717) is 38.6 Å². The van der Waals surface area contributed by atoms with Gasteiger partial charge in [0.1, 0.15) is 11.8 Å². The van der Waals surface area contributed by atoms with Crippen LogP contribution in [0.5, 0.6) is 0 Å². The van der Waals surface area contributed by atoms with E-state index in [4.69, 9.17) is 11.6 Å². The molecule has 5 rings (SSSR count). The van der Waals surface area contributed by atoms with Gasteiger partial charge in [0.2, 0.25) is 0 Å². The number of aliphatic hydroxyl groups excluding tert-OH is 1. The van der Waals surface area contributed by atoms with Crippen LogP contribution in [0.2, 0.25) is 5.02 Å². The lowest BCUT2D eigenvalue weighted by atomic mass is 10.0. The minimum absolute atomic E-state index is 0.168. The van der Waals surface area contributed by atoms with Gasteiger partial charge in [-0.25, -0.2) is 0 Å². The van der Waals surface area contributed by atoms with E-state index in [-0.39, 0.29) is 12.6 Å². The minimum atomic E-state index is -0.435. The summed E-state index contributed by atoms with van der Waals surface area (Å²) in [6, 6.07) is 18.5. The smallest absolute Gasteiger partial charge is 0.109 e. The molecule has 37 heavy (non-hydrogen) atoms. The molecule has 0 saturated carbocycles. The van der Waals surface area contributed by atoms with Crippen LogP contribution in [0.3, 0.4) is 0 Å². The Kier molecular flexibility index (Phi) is 6.94. The maximum absolute atomic E-state index is 10.1. The molecule has 0 aliphatic carbocycles. The van der Waals surface area contributed by atoms with Crippen molar-refractivity contribution in [1.29, 1.82) is 5.26 Å². The average molecular weight is 511 g/mol. The molecule has 0 amide bonds. The number of rotatable bonds is 8. The van der Waals surface area contributed by atoms with Crippen LogP contribution in [-0.4, -0.2) is 37.1 Å². The second-order valence-electron chi connectivity index (χ2n) is 8.46. The number of nitriles is 1. The van der Waals surface area contributed by atoms with Crippen molar-refractivity contribution in [2.24, 2.45) is 0 Å². The predicted octanol–water partition coefficient (Wildman–Crippen LogP) is 4.93. The van der Waals surface area contributed by atoms with Gasteiger partial charge in [-0.1, -0.05) is 53.2 Å².